The number of hydrogen-bond donors (Lipinski definition) is 1. The number of H-pyrrole nitrogens is 1. The van der Waals surface area contributed by atoms with Gasteiger partial charge in [0.05, 0.1) is 29.4 Å². The monoisotopic (exact) mass is 381 g/mol. The third-order valence-corrected chi connectivity index (χ3v) is 3.57. The molecule has 2 aromatic rings. The van der Waals surface area contributed by atoms with Crippen LogP contribution in [0.25, 0.3) is 0 Å². The molecule has 0 fully saturated rings. The number of carbonyl (C=O) groups excluding carboxylic acids is 2. The molecule has 7 heteroatoms. The summed E-state index contributed by atoms with van der Waals surface area (Å²) in [6.45, 7) is 1.91. The summed E-state index contributed by atoms with van der Waals surface area (Å²) in [5.74, 6) is -0.00643. The van der Waals surface area contributed by atoms with Gasteiger partial charge < -0.3 is 19.2 Å². The first-order chi connectivity index (χ1) is 11.1. The van der Waals surface area contributed by atoms with Gasteiger partial charge in [0, 0.05) is 6.20 Å². The second kappa shape index (κ2) is 7.82. The number of rotatable bonds is 7. The van der Waals surface area contributed by atoms with Crippen LogP contribution in [0.15, 0.2) is 34.9 Å². The number of ketones is 1. The number of methoxy groups -OCH3 is 1. The fourth-order valence-corrected chi connectivity index (χ4v) is 2.55. The van der Waals surface area contributed by atoms with Gasteiger partial charge >= 0.3 is 5.97 Å². The first-order valence-corrected chi connectivity index (χ1v) is 7.70. The molecular formula is C16H16BrNO5. The number of aromatic amines is 1. The minimum absolute atomic E-state index is 0.264. The van der Waals surface area contributed by atoms with Gasteiger partial charge in [0.1, 0.15) is 0 Å². The molecule has 0 aliphatic heterocycles. The third kappa shape index (κ3) is 4.13. The average Bonchev–Trinajstić information content (AvgIpc) is 3.06. The summed E-state index contributed by atoms with van der Waals surface area (Å²) in [5.41, 5.74) is 0.657. The lowest BCUT2D eigenvalue weighted by atomic mass is 10.2. The lowest BCUT2D eigenvalue weighted by Gasteiger charge is -2.12. The van der Waals surface area contributed by atoms with Crippen molar-refractivity contribution < 1.29 is 23.8 Å². The summed E-state index contributed by atoms with van der Waals surface area (Å²) in [5, 5.41) is 0. The Labute approximate surface area is 141 Å². The van der Waals surface area contributed by atoms with Crippen LogP contribution in [0.2, 0.25) is 0 Å². The molecule has 0 bridgehead atoms. The summed E-state index contributed by atoms with van der Waals surface area (Å²) in [6, 6.07) is 6.40. The lowest BCUT2D eigenvalue weighted by Crippen LogP contribution is -2.14. The molecule has 0 saturated carbocycles. The second-order valence-corrected chi connectivity index (χ2v) is 5.36. The van der Waals surface area contributed by atoms with Gasteiger partial charge in [0.25, 0.3) is 0 Å². The van der Waals surface area contributed by atoms with Gasteiger partial charge in [-0.05, 0) is 47.1 Å². The van der Waals surface area contributed by atoms with Crippen molar-refractivity contribution in [1.29, 1.82) is 0 Å². The summed E-state index contributed by atoms with van der Waals surface area (Å²) >= 11 is 3.32. The zero-order valence-electron chi connectivity index (χ0n) is 12.7. The molecule has 0 saturated heterocycles. The number of hydrogen-bond acceptors (Lipinski definition) is 5. The summed E-state index contributed by atoms with van der Waals surface area (Å²) in [4.78, 5) is 26.7. The number of halogens is 1. The Morgan fingerprint density at radius 3 is 2.70 bits per heavy atom. The van der Waals surface area contributed by atoms with E-state index >= 15 is 0 Å². The van der Waals surface area contributed by atoms with Crippen LogP contribution >= 0.6 is 15.9 Å². The van der Waals surface area contributed by atoms with E-state index < -0.39 is 5.97 Å². The van der Waals surface area contributed by atoms with Gasteiger partial charge in [-0.25, -0.2) is 4.79 Å². The average molecular weight is 382 g/mol. The molecule has 0 unspecified atom stereocenters. The van der Waals surface area contributed by atoms with Gasteiger partial charge in [0.15, 0.2) is 18.1 Å². The maximum absolute atomic E-state index is 12.1. The van der Waals surface area contributed by atoms with Crippen LogP contribution in [0, 0.1) is 0 Å². The van der Waals surface area contributed by atoms with E-state index in [1.165, 1.54) is 13.2 Å². The molecule has 2 rings (SSSR count). The first-order valence-electron chi connectivity index (χ1n) is 6.90. The standard InChI is InChI=1S/C16H16BrNO5/c1-3-22-14-8-10(7-11(17)15(14)21-2)16(20)23-9-13(19)12-5-4-6-18-12/h4-8,18H,3,9H2,1-2H3. The zero-order valence-corrected chi connectivity index (χ0v) is 14.3. The highest BCUT2D eigenvalue weighted by molar-refractivity contribution is 9.10. The molecule has 0 aliphatic carbocycles. The Morgan fingerprint density at radius 1 is 1.30 bits per heavy atom. The molecule has 1 aromatic carbocycles. The Morgan fingerprint density at radius 2 is 2.09 bits per heavy atom. The number of Topliss-reactive ketones (excluding diaryl/α,β-unsaturated/α-hetero) is 1. The zero-order chi connectivity index (χ0) is 16.8. The normalized spacial score (nSPS) is 10.2. The van der Waals surface area contributed by atoms with E-state index in [0.717, 1.165) is 0 Å². The Balaban J connectivity index is 2.11. The van der Waals surface area contributed by atoms with E-state index in [4.69, 9.17) is 14.2 Å². The summed E-state index contributed by atoms with van der Waals surface area (Å²) < 4.78 is 16.3. The second-order valence-electron chi connectivity index (χ2n) is 4.51. The van der Waals surface area contributed by atoms with Crippen molar-refractivity contribution in [3.05, 3.63) is 46.2 Å². The highest BCUT2D eigenvalue weighted by Crippen LogP contribution is 2.36. The van der Waals surface area contributed by atoms with Gasteiger partial charge in [0.2, 0.25) is 5.78 Å². The van der Waals surface area contributed by atoms with Crippen molar-refractivity contribution in [2.75, 3.05) is 20.3 Å². The van der Waals surface area contributed by atoms with E-state index in [9.17, 15) is 9.59 Å². The molecule has 0 spiro atoms. The summed E-state index contributed by atoms with van der Waals surface area (Å²) in [6.07, 6.45) is 1.63. The Kier molecular flexibility index (Phi) is 5.81. The molecule has 0 radical (unpaired) electrons. The number of ether oxygens (including phenoxy) is 3. The van der Waals surface area contributed by atoms with Crippen molar-refractivity contribution in [2.24, 2.45) is 0 Å². The van der Waals surface area contributed by atoms with Crippen LogP contribution in [0.5, 0.6) is 11.5 Å². The van der Waals surface area contributed by atoms with E-state index in [-0.39, 0.29) is 18.0 Å². The molecule has 122 valence electrons. The highest BCUT2D eigenvalue weighted by Gasteiger charge is 2.17. The molecule has 0 amide bonds. The van der Waals surface area contributed by atoms with E-state index in [1.54, 1.807) is 24.4 Å². The van der Waals surface area contributed by atoms with Crippen molar-refractivity contribution in [2.45, 2.75) is 6.92 Å². The maximum Gasteiger partial charge on any atom is 0.338 e. The molecule has 1 N–H and O–H groups in total. The quantitative estimate of drug-likeness (QED) is 0.588. The van der Waals surface area contributed by atoms with E-state index in [2.05, 4.69) is 20.9 Å². The number of esters is 1. The topological polar surface area (TPSA) is 77.6 Å². The predicted octanol–water partition coefficient (Wildman–Crippen LogP) is 3.22. The lowest BCUT2D eigenvalue weighted by molar-refractivity contribution is 0.0473. The molecular weight excluding hydrogens is 366 g/mol. The Hall–Kier alpha value is -2.28. The number of nitrogens with one attached hydrogen (secondary N) is 1. The number of carbonyl (C=O) groups is 2. The van der Waals surface area contributed by atoms with Crippen LogP contribution in [0.3, 0.4) is 0 Å². The molecule has 1 heterocycles. The fraction of sp³-hybridized carbons (Fsp3) is 0.250. The molecule has 6 nitrogen and oxygen atoms in total. The summed E-state index contributed by atoms with van der Waals surface area (Å²) in [7, 11) is 1.51. The Bertz CT molecular complexity index is 697. The first kappa shape index (κ1) is 17.1. The predicted molar refractivity (Wildman–Crippen MR) is 87.3 cm³/mol. The van der Waals surface area contributed by atoms with E-state index in [1.807, 2.05) is 6.92 Å². The van der Waals surface area contributed by atoms with Crippen LogP contribution < -0.4 is 9.47 Å². The van der Waals surface area contributed by atoms with Gasteiger partial charge in [-0.1, -0.05) is 0 Å². The van der Waals surface area contributed by atoms with Gasteiger partial charge in [-0.3, -0.25) is 4.79 Å². The SMILES string of the molecule is CCOc1cc(C(=O)OCC(=O)c2ccc[nH]2)cc(Br)c1OC. The maximum atomic E-state index is 12.1. The molecule has 23 heavy (non-hydrogen) atoms. The van der Waals surface area contributed by atoms with Gasteiger partial charge in [-0.15, -0.1) is 0 Å². The van der Waals surface area contributed by atoms with Crippen molar-refractivity contribution >= 4 is 27.7 Å². The molecule has 1 aromatic heterocycles. The van der Waals surface area contributed by atoms with Crippen LogP contribution in [0.4, 0.5) is 0 Å². The van der Waals surface area contributed by atoms with Crippen molar-refractivity contribution in [3.8, 4) is 11.5 Å². The minimum atomic E-state index is -0.616. The minimum Gasteiger partial charge on any atom is -0.492 e. The van der Waals surface area contributed by atoms with Crippen LogP contribution in [-0.4, -0.2) is 37.1 Å². The largest absolute Gasteiger partial charge is 0.492 e. The molecule has 0 atom stereocenters. The van der Waals surface area contributed by atoms with E-state index in [0.29, 0.717) is 28.3 Å². The van der Waals surface area contributed by atoms with Crippen LogP contribution in [0.1, 0.15) is 27.8 Å². The number of benzene rings is 1. The smallest absolute Gasteiger partial charge is 0.338 e. The van der Waals surface area contributed by atoms with Crippen molar-refractivity contribution in [1.82, 2.24) is 4.98 Å². The molecule has 0 aliphatic rings. The third-order valence-electron chi connectivity index (χ3n) is 2.98. The van der Waals surface area contributed by atoms with Gasteiger partial charge in [-0.2, -0.15) is 0 Å². The fourth-order valence-electron chi connectivity index (χ4n) is 1.94. The van der Waals surface area contributed by atoms with Crippen molar-refractivity contribution in [3.63, 3.8) is 0 Å². The van der Waals surface area contributed by atoms with Crippen LogP contribution in [-0.2, 0) is 4.74 Å². The number of aromatic nitrogens is 1. The highest BCUT2D eigenvalue weighted by atomic mass is 79.9.